The van der Waals surface area contributed by atoms with Crippen LogP contribution in [0.2, 0.25) is 10.0 Å². The Kier molecular flexibility index (Phi) is 9.02. The summed E-state index contributed by atoms with van der Waals surface area (Å²) in [4.78, 5) is 22.5. The number of hydrogen-bond donors (Lipinski definition) is 4. The van der Waals surface area contributed by atoms with E-state index in [0.717, 1.165) is 39.1 Å². The van der Waals surface area contributed by atoms with Gasteiger partial charge in [-0.1, -0.05) is 59.6 Å². The van der Waals surface area contributed by atoms with E-state index in [1.54, 1.807) is 25.7 Å². The zero-order chi connectivity index (χ0) is 34.5. The molecule has 4 N–H and O–H groups in total. The molecule has 49 heavy (non-hydrogen) atoms. The van der Waals surface area contributed by atoms with Gasteiger partial charge >= 0.3 is 0 Å². The molecule has 3 heterocycles. The third-order valence-corrected chi connectivity index (χ3v) is 10.5. The van der Waals surface area contributed by atoms with Crippen molar-refractivity contribution in [2.45, 2.75) is 75.9 Å². The van der Waals surface area contributed by atoms with Crippen LogP contribution in [-0.2, 0) is 13.1 Å². The average Bonchev–Trinajstić information content (AvgIpc) is 3.05. The van der Waals surface area contributed by atoms with Crippen molar-refractivity contribution in [3.05, 3.63) is 105 Å². The fourth-order valence-electron chi connectivity index (χ4n) is 7.05. The van der Waals surface area contributed by atoms with Crippen LogP contribution >= 0.6 is 23.2 Å². The Bertz CT molecular complexity index is 2100. The molecule has 0 saturated heterocycles. The molecule has 0 bridgehead atoms. The van der Waals surface area contributed by atoms with Crippen molar-refractivity contribution in [1.29, 1.82) is 0 Å². The number of halogens is 2. The second-order valence-electron chi connectivity index (χ2n) is 13.9. The highest BCUT2D eigenvalue weighted by Crippen LogP contribution is 2.43. The van der Waals surface area contributed by atoms with Crippen LogP contribution in [0.4, 0.5) is 0 Å². The lowest BCUT2D eigenvalue weighted by atomic mass is 9.77. The summed E-state index contributed by atoms with van der Waals surface area (Å²) in [5.41, 5.74) is 5.24. The lowest BCUT2D eigenvalue weighted by Crippen LogP contribution is -2.51. The number of aliphatic hydroxyl groups is 2. The van der Waals surface area contributed by atoms with Crippen molar-refractivity contribution in [3.8, 4) is 39.1 Å². The van der Waals surface area contributed by atoms with Gasteiger partial charge in [-0.15, -0.1) is 0 Å². The molecule has 0 unspecified atom stereocenters. The summed E-state index contributed by atoms with van der Waals surface area (Å²) in [5.74, 6) is 0.651. The zero-order valence-corrected chi connectivity index (χ0v) is 29.1. The van der Waals surface area contributed by atoms with Crippen molar-refractivity contribution in [1.82, 2.24) is 25.0 Å². The standard InChI is InChI=1S/C38H39Cl2N5O4/c1-37(47)14-25(15-37)41-19-24-20-44-33-13-22(10-11-45(33)36(24)46)27-6-4-8-29(34(27)39)30-9-5-7-28(35(30)40)23-12-32(49-3)31(43-18-23)21-42-26-16-38(2,48)17-26/h4-13,18,20,25-26,41-42,47-48H,14-17,19,21H2,1-3H3. The molecule has 0 amide bonds. The maximum Gasteiger partial charge on any atom is 0.262 e. The third kappa shape index (κ3) is 6.84. The second-order valence-corrected chi connectivity index (χ2v) is 14.7. The first-order valence-electron chi connectivity index (χ1n) is 16.4. The molecule has 7 rings (SSSR count). The highest BCUT2D eigenvalue weighted by atomic mass is 35.5. The quantitative estimate of drug-likeness (QED) is 0.132. The zero-order valence-electron chi connectivity index (χ0n) is 27.6. The number of methoxy groups -OCH3 is 1. The SMILES string of the molecule is COc1cc(-c2cccc(-c3cccc(-c4ccn5c(=O)c(CNC6CC(C)(O)C6)cnc5c4)c3Cl)c2Cl)cnc1CNC1CC(C)(O)C1. The van der Waals surface area contributed by atoms with Crippen molar-refractivity contribution in [2.75, 3.05) is 7.11 Å². The lowest BCUT2D eigenvalue weighted by Gasteiger charge is -2.41. The van der Waals surface area contributed by atoms with Gasteiger partial charge in [0, 0.05) is 71.6 Å². The Balaban J connectivity index is 1.13. The molecule has 9 nitrogen and oxygen atoms in total. The van der Waals surface area contributed by atoms with E-state index < -0.39 is 11.2 Å². The molecule has 5 aromatic rings. The Morgan fingerprint density at radius 2 is 1.39 bits per heavy atom. The van der Waals surface area contributed by atoms with Gasteiger partial charge in [0.05, 0.1) is 39.6 Å². The molecule has 2 fully saturated rings. The molecule has 11 heteroatoms. The summed E-state index contributed by atoms with van der Waals surface area (Å²) >= 11 is 14.2. The van der Waals surface area contributed by atoms with E-state index in [1.807, 2.05) is 68.4 Å². The van der Waals surface area contributed by atoms with E-state index in [9.17, 15) is 15.0 Å². The summed E-state index contributed by atoms with van der Waals surface area (Å²) in [7, 11) is 1.62. The number of fused-ring (bicyclic) bond motifs is 1. The number of nitrogens with one attached hydrogen (secondary N) is 2. The van der Waals surface area contributed by atoms with Gasteiger partial charge in [-0.3, -0.25) is 14.2 Å². The van der Waals surface area contributed by atoms with Crippen LogP contribution in [0.5, 0.6) is 5.75 Å². The molecular formula is C38H39Cl2N5O4. The van der Waals surface area contributed by atoms with Crippen LogP contribution in [0.25, 0.3) is 39.0 Å². The van der Waals surface area contributed by atoms with Gasteiger partial charge in [-0.25, -0.2) is 4.98 Å². The first-order chi connectivity index (χ1) is 23.4. The summed E-state index contributed by atoms with van der Waals surface area (Å²) in [6.07, 6.45) is 7.89. The predicted molar refractivity (Wildman–Crippen MR) is 193 cm³/mol. The summed E-state index contributed by atoms with van der Waals surface area (Å²) in [6.45, 7) is 4.59. The number of pyridine rings is 2. The predicted octanol–water partition coefficient (Wildman–Crippen LogP) is 6.41. The molecule has 2 aromatic carbocycles. The molecule has 0 radical (unpaired) electrons. The molecule has 0 aliphatic heterocycles. The Labute approximate surface area is 294 Å². The van der Waals surface area contributed by atoms with Crippen LogP contribution in [0.3, 0.4) is 0 Å². The van der Waals surface area contributed by atoms with Crippen molar-refractivity contribution >= 4 is 28.8 Å². The number of aromatic nitrogens is 3. The molecule has 0 spiro atoms. The van der Waals surface area contributed by atoms with E-state index in [4.69, 9.17) is 32.9 Å². The lowest BCUT2D eigenvalue weighted by molar-refractivity contribution is -0.0399. The van der Waals surface area contributed by atoms with E-state index >= 15 is 0 Å². The van der Waals surface area contributed by atoms with Gasteiger partial charge in [0.2, 0.25) is 0 Å². The highest BCUT2D eigenvalue weighted by Gasteiger charge is 2.38. The average molecular weight is 701 g/mol. The maximum absolute atomic E-state index is 13.2. The van der Waals surface area contributed by atoms with Gasteiger partial charge in [-0.05, 0) is 63.3 Å². The first-order valence-corrected chi connectivity index (χ1v) is 17.2. The van der Waals surface area contributed by atoms with Crippen LogP contribution in [0.15, 0.2) is 78.0 Å². The van der Waals surface area contributed by atoms with Crippen molar-refractivity contribution < 1.29 is 14.9 Å². The molecule has 2 aliphatic carbocycles. The van der Waals surface area contributed by atoms with Crippen LogP contribution in [0.1, 0.15) is 50.8 Å². The smallest absolute Gasteiger partial charge is 0.262 e. The fraction of sp³-hybridized carbons (Fsp3) is 0.342. The van der Waals surface area contributed by atoms with Gasteiger partial charge < -0.3 is 25.6 Å². The topological polar surface area (TPSA) is 121 Å². The largest absolute Gasteiger partial charge is 0.495 e. The van der Waals surface area contributed by atoms with Gasteiger partial charge in [0.25, 0.3) is 5.56 Å². The summed E-state index contributed by atoms with van der Waals surface area (Å²) < 4.78 is 7.24. The normalized spacial score (nSPS) is 23.2. The van der Waals surface area contributed by atoms with Crippen LogP contribution < -0.4 is 20.9 Å². The van der Waals surface area contributed by atoms with Crippen LogP contribution in [0, 0.1) is 0 Å². The maximum atomic E-state index is 13.2. The Morgan fingerprint density at radius 1 is 0.816 bits per heavy atom. The van der Waals surface area contributed by atoms with Crippen molar-refractivity contribution in [2.24, 2.45) is 0 Å². The fourth-order valence-corrected chi connectivity index (χ4v) is 7.72. The minimum atomic E-state index is -0.631. The van der Waals surface area contributed by atoms with Crippen molar-refractivity contribution in [3.63, 3.8) is 0 Å². The molecule has 0 atom stereocenters. The van der Waals surface area contributed by atoms with Gasteiger partial charge in [0.15, 0.2) is 0 Å². The Morgan fingerprint density at radius 3 is 1.98 bits per heavy atom. The monoisotopic (exact) mass is 699 g/mol. The third-order valence-electron chi connectivity index (χ3n) is 9.72. The molecule has 2 saturated carbocycles. The molecule has 3 aromatic heterocycles. The Hall–Kier alpha value is -3.83. The van der Waals surface area contributed by atoms with E-state index in [2.05, 4.69) is 15.6 Å². The second kappa shape index (κ2) is 13.1. The number of rotatable bonds is 10. The van der Waals surface area contributed by atoms with E-state index in [-0.39, 0.29) is 17.6 Å². The minimum Gasteiger partial charge on any atom is -0.495 e. The van der Waals surface area contributed by atoms with Gasteiger partial charge in [0.1, 0.15) is 11.4 Å². The summed E-state index contributed by atoms with van der Waals surface area (Å²) in [6, 6.07) is 17.7. The number of hydrogen-bond acceptors (Lipinski definition) is 8. The molecule has 2 aliphatic rings. The first kappa shape index (κ1) is 33.7. The molecule has 254 valence electrons. The number of nitrogens with zero attached hydrogens (tertiary/aromatic N) is 3. The van der Waals surface area contributed by atoms with E-state index in [0.29, 0.717) is 65.8 Å². The molecular weight excluding hydrogens is 661 g/mol. The minimum absolute atomic E-state index is 0.137. The number of benzene rings is 2. The van der Waals surface area contributed by atoms with E-state index in [1.165, 1.54) is 4.40 Å². The van der Waals surface area contributed by atoms with Gasteiger partial charge in [-0.2, -0.15) is 0 Å². The summed E-state index contributed by atoms with van der Waals surface area (Å²) in [5, 5.41) is 27.9. The van der Waals surface area contributed by atoms with Crippen LogP contribution in [-0.4, -0.2) is 55.0 Å². The highest BCUT2D eigenvalue weighted by molar-refractivity contribution is 6.39. The number of ether oxygens (including phenoxy) is 1.